The van der Waals surface area contributed by atoms with Gasteiger partial charge in [0.1, 0.15) is 12.0 Å². The van der Waals surface area contributed by atoms with E-state index in [0.717, 1.165) is 0 Å². The van der Waals surface area contributed by atoms with Gasteiger partial charge in [-0.25, -0.2) is 4.79 Å². The summed E-state index contributed by atoms with van der Waals surface area (Å²) < 4.78 is 0. The van der Waals surface area contributed by atoms with Crippen molar-refractivity contribution >= 4 is 11.9 Å². The minimum absolute atomic E-state index is 0.396. The molecule has 11 heavy (non-hydrogen) atoms. The van der Waals surface area contributed by atoms with Crippen molar-refractivity contribution in [3.05, 3.63) is 6.08 Å². The van der Waals surface area contributed by atoms with E-state index in [1.54, 1.807) is 5.94 Å². The summed E-state index contributed by atoms with van der Waals surface area (Å²) in [7, 11) is 0. The predicted molar refractivity (Wildman–Crippen MR) is 39.7 cm³/mol. The first-order valence-electron chi connectivity index (χ1n) is 3.36. The molecule has 4 heteroatoms. The quantitative estimate of drug-likeness (QED) is 0.433. The van der Waals surface area contributed by atoms with E-state index in [0.29, 0.717) is 19.3 Å². The molecule has 1 atom stereocenters. The largest absolute Gasteiger partial charge is 0.480 e. The molecule has 0 unspecified atom stereocenters. The number of carbonyl (C=O) groups excluding carboxylic acids is 1. The summed E-state index contributed by atoms with van der Waals surface area (Å²) in [5, 5.41) is 8.33. The van der Waals surface area contributed by atoms with Gasteiger partial charge >= 0.3 is 5.97 Å². The van der Waals surface area contributed by atoms with E-state index in [1.807, 2.05) is 0 Å². The van der Waals surface area contributed by atoms with Crippen LogP contribution in [0.2, 0.25) is 0 Å². The summed E-state index contributed by atoms with van der Waals surface area (Å²) in [6.07, 6.45) is 2.88. The molecule has 0 aromatic carbocycles. The van der Waals surface area contributed by atoms with E-state index in [9.17, 15) is 9.59 Å². The molecule has 0 rings (SSSR count). The van der Waals surface area contributed by atoms with E-state index in [4.69, 9.17) is 10.8 Å². The van der Waals surface area contributed by atoms with E-state index in [-0.39, 0.29) is 0 Å². The number of hydrogen-bond donors (Lipinski definition) is 2. The van der Waals surface area contributed by atoms with Gasteiger partial charge in [0.25, 0.3) is 0 Å². The van der Waals surface area contributed by atoms with Crippen LogP contribution in [0.1, 0.15) is 19.3 Å². The smallest absolute Gasteiger partial charge is 0.320 e. The molecule has 0 bridgehead atoms. The first-order chi connectivity index (χ1) is 5.18. The maximum absolute atomic E-state index is 10.2. The van der Waals surface area contributed by atoms with Gasteiger partial charge in [-0.3, -0.25) is 4.79 Å². The Balaban J connectivity index is 3.38. The van der Waals surface area contributed by atoms with Crippen LogP contribution in [0.3, 0.4) is 0 Å². The van der Waals surface area contributed by atoms with Crippen LogP contribution in [0, 0.1) is 0 Å². The minimum atomic E-state index is -1.000. The van der Waals surface area contributed by atoms with Gasteiger partial charge in [0.2, 0.25) is 0 Å². The zero-order valence-corrected chi connectivity index (χ0v) is 6.12. The number of rotatable bonds is 5. The molecule has 0 radical (unpaired) electrons. The van der Waals surface area contributed by atoms with E-state index in [1.165, 1.54) is 6.08 Å². The number of aliphatic carboxylic acids is 1. The van der Waals surface area contributed by atoms with Crippen LogP contribution in [-0.2, 0) is 9.59 Å². The Morgan fingerprint density at radius 1 is 1.73 bits per heavy atom. The predicted octanol–water partition coefficient (Wildman–Crippen LogP) is -0.0436. The molecule has 0 heterocycles. The first kappa shape index (κ1) is 9.88. The normalized spacial score (nSPS) is 11.7. The average Bonchev–Trinajstić information content (AvgIpc) is 1.97. The lowest BCUT2D eigenvalue weighted by molar-refractivity contribution is -0.138. The first-order valence-corrected chi connectivity index (χ1v) is 3.36. The van der Waals surface area contributed by atoms with Gasteiger partial charge in [-0.15, -0.1) is 0 Å². The lowest BCUT2D eigenvalue weighted by Gasteiger charge is -2.02. The SMILES string of the molecule is N[C@H](CCCC=C=O)C(=O)O. The molecule has 0 aromatic heterocycles. The van der Waals surface area contributed by atoms with Crippen molar-refractivity contribution in [1.82, 2.24) is 0 Å². The number of carboxylic acid groups (broad SMARTS) is 1. The molecule has 0 spiro atoms. The Bertz CT molecular complexity index is 173. The third-order valence-electron chi connectivity index (χ3n) is 1.26. The molecule has 0 saturated heterocycles. The third kappa shape index (κ3) is 5.33. The van der Waals surface area contributed by atoms with Crippen molar-refractivity contribution in [3.8, 4) is 0 Å². The second kappa shape index (κ2) is 5.65. The fourth-order valence-corrected chi connectivity index (χ4v) is 0.622. The fraction of sp³-hybridized carbons (Fsp3) is 0.571. The summed E-state index contributed by atoms with van der Waals surface area (Å²) in [6.45, 7) is 0. The Kier molecular flexibility index (Phi) is 5.07. The number of carbonyl (C=O) groups is 1. The maximum Gasteiger partial charge on any atom is 0.320 e. The molecule has 0 aliphatic carbocycles. The van der Waals surface area contributed by atoms with Gasteiger partial charge in [-0.05, 0) is 25.3 Å². The molecular weight excluding hydrogens is 146 g/mol. The Hall–Kier alpha value is -1.12. The summed E-state index contributed by atoms with van der Waals surface area (Å²) in [5.74, 6) is 0.607. The van der Waals surface area contributed by atoms with Crippen LogP contribution >= 0.6 is 0 Å². The average molecular weight is 157 g/mol. The Morgan fingerprint density at radius 3 is 2.82 bits per heavy atom. The molecule has 0 fully saturated rings. The number of unbranched alkanes of at least 4 members (excludes halogenated alkanes) is 1. The zero-order valence-electron chi connectivity index (χ0n) is 6.12. The molecule has 0 saturated carbocycles. The Morgan fingerprint density at radius 2 is 2.36 bits per heavy atom. The third-order valence-corrected chi connectivity index (χ3v) is 1.26. The van der Waals surface area contributed by atoms with Crippen LogP contribution in [-0.4, -0.2) is 23.1 Å². The zero-order chi connectivity index (χ0) is 8.69. The van der Waals surface area contributed by atoms with Crippen molar-refractivity contribution in [2.24, 2.45) is 5.73 Å². The second-order valence-corrected chi connectivity index (χ2v) is 2.20. The molecule has 4 nitrogen and oxygen atoms in total. The highest BCUT2D eigenvalue weighted by molar-refractivity contribution is 5.72. The molecule has 0 amide bonds. The van der Waals surface area contributed by atoms with Crippen molar-refractivity contribution in [1.29, 1.82) is 0 Å². The fourth-order valence-electron chi connectivity index (χ4n) is 0.622. The van der Waals surface area contributed by atoms with Crippen molar-refractivity contribution in [2.45, 2.75) is 25.3 Å². The monoisotopic (exact) mass is 157 g/mol. The topological polar surface area (TPSA) is 80.4 Å². The van der Waals surface area contributed by atoms with Gasteiger partial charge < -0.3 is 10.8 Å². The van der Waals surface area contributed by atoms with Crippen LogP contribution in [0.15, 0.2) is 6.08 Å². The summed E-state index contributed by atoms with van der Waals surface area (Å²) >= 11 is 0. The highest BCUT2D eigenvalue weighted by Gasteiger charge is 2.09. The standard InChI is InChI=1S/C7H11NO3/c8-6(7(10)11)4-2-1-3-5-9/h3,6H,1-2,4,8H2,(H,10,11)/t6-/m1/s1. The highest BCUT2D eigenvalue weighted by atomic mass is 16.4. The van der Waals surface area contributed by atoms with Crippen LogP contribution < -0.4 is 5.73 Å². The molecular formula is C7H11NO3. The molecule has 0 aromatic rings. The number of carboxylic acids is 1. The second-order valence-electron chi connectivity index (χ2n) is 2.20. The molecule has 0 aliphatic heterocycles. The lowest BCUT2D eigenvalue weighted by Crippen LogP contribution is -2.29. The van der Waals surface area contributed by atoms with Gasteiger partial charge in [0.15, 0.2) is 0 Å². The van der Waals surface area contributed by atoms with Crippen LogP contribution in [0.25, 0.3) is 0 Å². The highest BCUT2D eigenvalue weighted by Crippen LogP contribution is 1.98. The van der Waals surface area contributed by atoms with Crippen LogP contribution in [0.5, 0.6) is 0 Å². The summed E-state index contributed by atoms with van der Waals surface area (Å²) in [4.78, 5) is 19.8. The van der Waals surface area contributed by atoms with Crippen molar-refractivity contribution in [3.63, 3.8) is 0 Å². The van der Waals surface area contributed by atoms with Gasteiger partial charge in [-0.1, -0.05) is 0 Å². The maximum atomic E-state index is 10.2. The molecule has 62 valence electrons. The lowest BCUT2D eigenvalue weighted by atomic mass is 10.1. The Labute approximate surface area is 64.7 Å². The van der Waals surface area contributed by atoms with E-state index < -0.39 is 12.0 Å². The summed E-state index contributed by atoms with van der Waals surface area (Å²) in [6, 6.07) is -0.810. The summed E-state index contributed by atoms with van der Waals surface area (Å²) in [5.41, 5.74) is 5.19. The van der Waals surface area contributed by atoms with Gasteiger partial charge in [-0.2, -0.15) is 0 Å². The van der Waals surface area contributed by atoms with Crippen molar-refractivity contribution < 1.29 is 14.7 Å². The van der Waals surface area contributed by atoms with Crippen molar-refractivity contribution in [2.75, 3.05) is 0 Å². The molecule has 0 aliphatic rings. The number of hydrogen-bond acceptors (Lipinski definition) is 3. The molecule has 3 N–H and O–H groups in total. The number of nitrogens with two attached hydrogens (primary N) is 1. The van der Waals surface area contributed by atoms with Crippen LogP contribution in [0.4, 0.5) is 0 Å². The van der Waals surface area contributed by atoms with E-state index in [2.05, 4.69) is 0 Å². The van der Waals surface area contributed by atoms with Gasteiger partial charge in [0, 0.05) is 0 Å². The number of allylic oxidation sites excluding steroid dienone is 1. The van der Waals surface area contributed by atoms with Gasteiger partial charge in [0.05, 0.1) is 0 Å². The van der Waals surface area contributed by atoms with E-state index >= 15 is 0 Å². The minimum Gasteiger partial charge on any atom is -0.480 e.